The number of nitrogens with two attached hydrogens (primary N) is 1. The zero-order chi connectivity index (χ0) is 15.0. The van der Waals surface area contributed by atoms with Crippen molar-refractivity contribution in [3.05, 3.63) is 44.6 Å². The number of ether oxygens (including phenoxy) is 1. The van der Waals surface area contributed by atoms with E-state index in [0.29, 0.717) is 11.5 Å². The van der Waals surface area contributed by atoms with Crippen molar-refractivity contribution in [2.75, 3.05) is 0 Å². The van der Waals surface area contributed by atoms with Gasteiger partial charge in [0.15, 0.2) is 0 Å². The number of aromatic amines is 1. The van der Waals surface area contributed by atoms with Crippen LogP contribution in [0.4, 0.5) is 0 Å². The molecule has 2 aromatic heterocycles. The second-order valence-corrected chi connectivity index (χ2v) is 6.01. The Balaban J connectivity index is 2.22. The van der Waals surface area contributed by atoms with Gasteiger partial charge in [0.2, 0.25) is 11.8 Å². The number of hydrogen-bond acceptors (Lipinski definition) is 5. The van der Waals surface area contributed by atoms with Gasteiger partial charge in [-0.25, -0.2) is 0 Å². The molecule has 0 fully saturated rings. The SMILES string of the molecule is CCCc1[nH]nc2c1[C@@H](c1sccc1C)C(C#N)=C(N)O2. The molecule has 0 amide bonds. The van der Waals surface area contributed by atoms with Crippen LogP contribution in [0.5, 0.6) is 5.88 Å². The van der Waals surface area contributed by atoms with Gasteiger partial charge in [0.1, 0.15) is 11.6 Å². The molecule has 3 rings (SSSR count). The molecule has 0 unspecified atom stereocenters. The number of thiophene rings is 1. The number of nitrogens with one attached hydrogen (secondary N) is 1. The lowest BCUT2D eigenvalue weighted by Gasteiger charge is -2.23. The minimum Gasteiger partial charge on any atom is -0.420 e. The number of fused-ring (bicyclic) bond motifs is 1. The van der Waals surface area contributed by atoms with Crippen LogP contribution < -0.4 is 10.5 Å². The lowest BCUT2D eigenvalue weighted by molar-refractivity contribution is 0.379. The highest BCUT2D eigenvalue weighted by molar-refractivity contribution is 7.10. The van der Waals surface area contributed by atoms with Gasteiger partial charge in [0.25, 0.3) is 0 Å². The summed E-state index contributed by atoms with van der Waals surface area (Å²) >= 11 is 1.63. The molecule has 2 aromatic rings. The van der Waals surface area contributed by atoms with Gasteiger partial charge in [-0.2, -0.15) is 5.26 Å². The molecule has 0 saturated heterocycles. The Bertz CT molecular complexity index is 750. The third kappa shape index (κ3) is 2.10. The molecule has 3 N–H and O–H groups in total. The number of hydrogen-bond donors (Lipinski definition) is 2. The van der Waals surface area contributed by atoms with Gasteiger partial charge in [-0.1, -0.05) is 13.3 Å². The zero-order valence-electron chi connectivity index (χ0n) is 11.9. The molecule has 108 valence electrons. The fourth-order valence-electron chi connectivity index (χ4n) is 2.69. The third-order valence-corrected chi connectivity index (χ3v) is 4.77. The molecule has 0 spiro atoms. The molecule has 0 saturated carbocycles. The van der Waals surface area contributed by atoms with Crippen molar-refractivity contribution in [1.29, 1.82) is 5.26 Å². The summed E-state index contributed by atoms with van der Waals surface area (Å²) in [6.45, 7) is 4.16. The highest BCUT2D eigenvalue weighted by Crippen LogP contribution is 2.45. The summed E-state index contributed by atoms with van der Waals surface area (Å²) in [6, 6.07) is 4.27. The first-order chi connectivity index (χ1) is 10.2. The summed E-state index contributed by atoms with van der Waals surface area (Å²) in [7, 11) is 0. The Morgan fingerprint density at radius 1 is 1.57 bits per heavy atom. The van der Waals surface area contributed by atoms with Crippen molar-refractivity contribution in [2.45, 2.75) is 32.6 Å². The monoisotopic (exact) mass is 300 g/mol. The fourth-order valence-corrected chi connectivity index (χ4v) is 3.74. The van der Waals surface area contributed by atoms with E-state index in [0.717, 1.165) is 34.5 Å². The van der Waals surface area contributed by atoms with Crippen LogP contribution in [-0.4, -0.2) is 10.2 Å². The first-order valence-corrected chi connectivity index (χ1v) is 7.74. The van der Waals surface area contributed by atoms with Crippen LogP contribution in [0, 0.1) is 18.3 Å². The maximum Gasteiger partial charge on any atom is 0.244 e. The summed E-state index contributed by atoms with van der Waals surface area (Å²) in [6.07, 6.45) is 1.86. The highest BCUT2D eigenvalue weighted by Gasteiger charge is 2.36. The van der Waals surface area contributed by atoms with Crippen molar-refractivity contribution < 1.29 is 4.74 Å². The second-order valence-electron chi connectivity index (χ2n) is 5.06. The van der Waals surface area contributed by atoms with E-state index < -0.39 is 0 Å². The molecule has 0 aromatic carbocycles. The first kappa shape index (κ1) is 13.7. The molecule has 0 aliphatic carbocycles. The number of allylic oxidation sites excluding steroid dienone is 1. The maximum absolute atomic E-state index is 9.51. The van der Waals surface area contributed by atoms with Gasteiger partial charge in [-0.05, 0) is 30.4 Å². The Morgan fingerprint density at radius 3 is 3.00 bits per heavy atom. The van der Waals surface area contributed by atoms with Gasteiger partial charge in [-0.15, -0.1) is 16.4 Å². The van der Waals surface area contributed by atoms with Crippen LogP contribution in [-0.2, 0) is 6.42 Å². The molecule has 1 atom stereocenters. The van der Waals surface area contributed by atoms with Crippen LogP contribution in [0.25, 0.3) is 0 Å². The normalized spacial score (nSPS) is 17.3. The smallest absolute Gasteiger partial charge is 0.244 e. The Kier molecular flexibility index (Phi) is 3.43. The first-order valence-electron chi connectivity index (χ1n) is 6.86. The van der Waals surface area contributed by atoms with Crippen LogP contribution in [0.1, 0.15) is 41.0 Å². The van der Waals surface area contributed by atoms with E-state index in [1.165, 1.54) is 0 Å². The van der Waals surface area contributed by atoms with Crippen molar-refractivity contribution in [2.24, 2.45) is 5.73 Å². The number of nitriles is 1. The number of H-pyrrole nitrogens is 1. The van der Waals surface area contributed by atoms with Crippen molar-refractivity contribution in [3.63, 3.8) is 0 Å². The molecular weight excluding hydrogens is 284 g/mol. The fraction of sp³-hybridized carbons (Fsp3) is 0.333. The van der Waals surface area contributed by atoms with E-state index >= 15 is 0 Å². The van der Waals surface area contributed by atoms with E-state index in [4.69, 9.17) is 10.5 Å². The lowest BCUT2D eigenvalue weighted by Crippen LogP contribution is -2.21. The van der Waals surface area contributed by atoms with E-state index in [1.54, 1.807) is 11.3 Å². The average Bonchev–Trinajstić information content (AvgIpc) is 3.05. The summed E-state index contributed by atoms with van der Waals surface area (Å²) in [4.78, 5) is 1.12. The topological polar surface area (TPSA) is 87.7 Å². The largest absolute Gasteiger partial charge is 0.420 e. The Labute approximate surface area is 127 Å². The number of aryl methyl sites for hydroxylation is 2. The summed E-state index contributed by atoms with van der Waals surface area (Å²) in [5.74, 6) is 0.462. The Hall–Kier alpha value is -2.26. The average molecular weight is 300 g/mol. The number of rotatable bonds is 3. The molecule has 0 radical (unpaired) electrons. The van der Waals surface area contributed by atoms with E-state index in [9.17, 15) is 5.26 Å². The maximum atomic E-state index is 9.51. The second kappa shape index (κ2) is 5.26. The molecule has 21 heavy (non-hydrogen) atoms. The molecular formula is C15H16N4OS. The third-order valence-electron chi connectivity index (χ3n) is 3.68. The van der Waals surface area contributed by atoms with Crippen molar-refractivity contribution >= 4 is 11.3 Å². The quantitative estimate of drug-likeness (QED) is 0.912. The minimum atomic E-state index is -0.181. The number of aromatic nitrogens is 2. The van der Waals surface area contributed by atoms with E-state index in [-0.39, 0.29) is 11.8 Å². The van der Waals surface area contributed by atoms with Crippen LogP contribution in [0.3, 0.4) is 0 Å². The highest BCUT2D eigenvalue weighted by atomic mass is 32.1. The molecule has 5 nitrogen and oxygen atoms in total. The summed E-state index contributed by atoms with van der Waals surface area (Å²) in [5.41, 5.74) is 9.51. The van der Waals surface area contributed by atoms with E-state index in [2.05, 4.69) is 29.3 Å². The summed E-state index contributed by atoms with van der Waals surface area (Å²) in [5, 5.41) is 18.8. The standard InChI is InChI=1S/C15H16N4OS/c1-3-4-10-12-11(13-8(2)5-6-21-13)9(7-16)14(17)20-15(12)19-18-10/h5-6,11H,3-4,17H2,1-2H3,(H,18,19)/t11-/m0/s1. The van der Waals surface area contributed by atoms with Crippen molar-refractivity contribution in [3.8, 4) is 11.9 Å². The summed E-state index contributed by atoms with van der Waals surface area (Å²) < 4.78 is 5.53. The molecule has 3 heterocycles. The van der Waals surface area contributed by atoms with Gasteiger partial charge < -0.3 is 10.5 Å². The number of nitrogens with zero attached hydrogens (tertiary/aromatic N) is 2. The van der Waals surface area contributed by atoms with Crippen LogP contribution >= 0.6 is 11.3 Å². The van der Waals surface area contributed by atoms with Crippen LogP contribution in [0.2, 0.25) is 0 Å². The molecule has 0 bridgehead atoms. The van der Waals surface area contributed by atoms with Crippen molar-refractivity contribution in [1.82, 2.24) is 10.2 Å². The predicted molar refractivity (Wildman–Crippen MR) is 80.9 cm³/mol. The van der Waals surface area contributed by atoms with Gasteiger partial charge in [0.05, 0.1) is 11.5 Å². The van der Waals surface area contributed by atoms with Gasteiger partial charge in [-0.3, -0.25) is 5.10 Å². The van der Waals surface area contributed by atoms with Gasteiger partial charge in [0, 0.05) is 10.6 Å². The minimum absolute atomic E-state index is 0.150. The molecule has 1 aliphatic heterocycles. The Morgan fingerprint density at radius 2 is 2.38 bits per heavy atom. The predicted octanol–water partition coefficient (Wildman–Crippen LogP) is 2.95. The molecule has 6 heteroatoms. The van der Waals surface area contributed by atoms with Gasteiger partial charge >= 0.3 is 0 Å². The zero-order valence-corrected chi connectivity index (χ0v) is 12.8. The molecule has 1 aliphatic rings. The lowest BCUT2D eigenvalue weighted by atomic mass is 9.86. The van der Waals surface area contributed by atoms with E-state index in [1.807, 2.05) is 12.3 Å². The van der Waals surface area contributed by atoms with Crippen LogP contribution in [0.15, 0.2) is 22.9 Å².